The summed E-state index contributed by atoms with van der Waals surface area (Å²) in [5, 5.41) is 9.64. The van der Waals surface area contributed by atoms with Crippen LogP contribution in [0.4, 0.5) is 0 Å². The number of hydrogen-bond acceptors (Lipinski definition) is 6. The predicted molar refractivity (Wildman–Crippen MR) is 84.2 cm³/mol. The summed E-state index contributed by atoms with van der Waals surface area (Å²) in [6.07, 6.45) is 3.07. The Bertz CT molecular complexity index is 668. The molecule has 6 nitrogen and oxygen atoms in total. The summed E-state index contributed by atoms with van der Waals surface area (Å²) in [5.41, 5.74) is 0. The van der Waals surface area contributed by atoms with Gasteiger partial charge in [-0.2, -0.15) is 11.8 Å². The summed E-state index contributed by atoms with van der Waals surface area (Å²) in [6.45, 7) is 0.565. The van der Waals surface area contributed by atoms with Gasteiger partial charge in [0.15, 0.2) is 10.8 Å². The largest absolute Gasteiger partial charge is 0.481 e. The number of aromatic nitrogens is 1. The third-order valence-corrected chi connectivity index (χ3v) is 5.44. The number of hydrogen-bond donors (Lipinski definition) is 1. The number of carboxylic acid groups (broad SMARTS) is 1. The summed E-state index contributed by atoms with van der Waals surface area (Å²) in [5.74, 6) is 1.07. The number of carbonyl (C=O) groups is 2. The Kier molecular flexibility index (Phi) is 4.49. The lowest BCUT2D eigenvalue weighted by Gasteiger charge is -2.34. The van der Waals surface area contributed by atoms with E-state index in [1.807, 2.05) is 0 Å². The minimum atomic E-state index is -0.883. The SMILES string of the molecule is O=C(O)CC1CSCCN1C(=O)c1cnc(-c2ccco2)s1. The van der Waals surface area contributed by atoms with E-state index in [4.69, 9.17) is 9.52 Å². The van der Waals surface area contributed by atoms with Gasteiger partial charge in [0.25, 0.3) is 5.91 Å². The van der Waals surface area contributed by atoms with Crippen molar-refractivity contribution >= 4 is 35.0 Å². The van der Waals surface area contributed by atoms with Gasteiger partial charge in [0.1, 0.15) is 4.88 Å². The molecule has 1 fully saturated rings. The molecule has 116 valence electrons. The molecule has 1 unspecified atom stereocenters. The van der Waals surface area contributed by atoms with Crippen molar-refractivity contribution in [3.8, 4) is 10.8 Å². The third-order valence-electron chi connectivity index (χ3n) is 3.35. The van der Waals surface area contributed by atoms with Gasteiger partial charge >= 0.3 is 5.97 Å². The molecule has 2 aromatic heterocycles. The van der Waals surface area contributed by atoms with Gasteiger partial charge < -0.3 is 14.4 Å². The number of thiazole rings is 1. The maximum Gasteiger partial charge on any atom is 0.305 e. The van der Waals surface area contributed by atoms with Crippen LogP contribution in [-0.4, -0.2) is 51.0 Å². The summed E-state index contributed by atoms with van der Waals surface area (Å²) >= 11 is 2.94. The molecular formula is C14H14N2O4S2. The van der Waals surface area contributed by atoms with E-state index in [9.17, 15) is 9.59 Å². The van der Waals surface area contributed by atoms with Crippen molar-refractivity contribution in [1.82, 2.24) is 9.88 Å². The molecule has 0 aromatic carbocycles. The molecule has 1 aliphatic rings. The Morgan fingerprint density at radius 1 is 1.50 bits per heavy atom. The Labute approximate surface area is 135 Å². The van der Waals surface area contributed by atoms with Crippen LogP contribution in [0.5, 0.6) is 0 Å². The molecule has 1 saturated heterocycles. The molecule has 2 aromatic rings. The Balaban J connectivity index is 1.78. The van der Waals surface area contributed by atoms with Gasteiger partial charge in [-0.3, -0.25) is 9.59 Å². The van der Waals surface area contributed by atoms with Crippen molar-refractivity contribution in [3.63, 3.8) is 0 Å². The second kappa shape index (κ2) is 6.53. The van der Waals surface area contributed by atoms with Gasteiger partial charge in [-0.05, 0) is 12.1 Å². The number of amides is 1. The van der Waals surface area contributed by atoms with E-state index >= 15 is 0 Å². The number of carbonyl (C=O) groups excluding carboxylic acids is 1. The van der Waals surface area contributed by atoms with Crippen LogP contribution in [0.15, 0.2) is 29.0 Å². The first-order valence-corrected chi connectivity index (χ1v) is 8.72. The van der Waals surface area contributed by atoms with Crippen molar-refractivity contribution < 1.29 is 19.1 Å². The van der Waals surface area contributed by atoms with E-state index in [2.05, 4.69) is 4.98 Å². The molecular weight excluding hydrogens is 324 g/mol. The zero-order valence-corrected chi connectivity index (χ0v) is 13.2. The summed E-state index contributed by atoms with van der Waals surface area (Å²) in [7, 11) is 0. The molecule has 1 N–H and O–H groups in total. The minimum absolute atomic E-state index is 0.0252. The third kappa shape index (κ3) is 3.17. The molecule has 8 heteroatoms. The molecule has 3 rings (SSSR count). The monoisotopic (exact) mass is 338 g/mol. The smallest absolute Gasteiger partial charge is 0.305 e. The number of carboxylic acids is 1. The molecule has 1 amide bonds. The van der Waals surface area contributed by atoms with Crippen molar-refractivity contribution in [2.45, 2.75) is 12.5 Å². The summed E-state index contributed by atoms with van der Waals surface area (Å²) in [6, 6.07) is 3.29. The van der Waals surface area contributed by atoms with Crippen LogP contribution in [0, 0.1) is 0 Å². The van der Waals surface area contributed by atoms with Gasteiger partial charge in [0.2, 0.25) is 0 Å². The lowest BCUT2D eigenvalue weighted by Crippen LogP contribution is -2.46. The first-order valence-electron chi connectivity index (χ1n) is 6.75. The van der Waals surface area contributed by atoms with Crippen molar-refractivity contribution in [1.29, 1.82) is 0 Å². The van der Waals surface area contributed by atoms with E-state index in [1.54, 1.807) is 35.1 Å². The molecule has 3 heterocycles. The zero-order valence-electron chi connectivity index (χ0n) is 11.6. The first kappa shape index (κ1) is 15.1. The summed E-state index contributed by atoms with van der Waals surface area (Å²) < 4.78 is 5.27. The van der Waals surface area contributed by atoms with Crippen LogP contribution in [0.3, 0.4) is 0 Å². The predicted octanol–water partition coefficient (Wildman–Crippen LogP) is 2.44. The fourth-order valence-corrected chi connectivity index (χ4v) is 4.22. The highest BCUT2D eigenvalue weighted by Gasteiger charge is 2.30. The molecule has 0 bridgehead atoms. The Morgan fingerprint density at radius 2 is 2.36 bits per heavy atom. The molecule has 1 aliphatic heterocycles. The zero-order chi connectivity index (χ0) is 15.5. The number of aliphatic carboxylic acids is 1. The van der Waals surface area contributed by atoms with Gasteiger partial charge in [-0.15, -0.1) is 11.3 Å². The molecule has 0 aliphatic carbocycles. The first-order chi connectivity index (χ1) is 10.6. The second-order valence-electron chi connectivity index (χ2n) is 4.83. The molecule has 0 radical (unpaired) electrons. The molecule has 1 atom stereocenters. The van der Waals surface area contributed by atoms with Crippen LogP contribution < -0.4 is 0 Å². The maximum atomic E-state index is 12.6. The van der Waals surface area contributed by atoms with Crippen LogP contribution in [0.2, 0.25) is 0 Å². The highest BCUT2D eigenvalue weighted by atomic mass is 32.2. The standard InChI is InChI=1S/C14H14N2O4S2/c17-12(18)6-9-8-21-5-3-16(9)14(19)11-7-15-13(22-11)10-2-1-4-20-10/h1-2,4,7,9H,3,5-6,8H2,(H,17,18). The topological polar surface area (TPSA) is 83.6 Å². The fraction of sp³-hybridized carbons (Fsp3) is 0.357. The quantitative estimate of drug-likeness (QED) is 0.922. The van der Waals surface area contributed by atoms with Crippen LogP contribution in [0.25, 0.3) is 10.8 Å². The lowest BCUT2D eigenvalue weighted by atomic mass is 10.2. The second-order valence-corrected chi connectivity index (χ2v) is 7.01. The van der Waals surface area contributed by atoms with E-state index in [0.717, 1.165) is 5.75 Å². The van der Waals surface area contributed by atoms with Crippen LogP contribution in [-0.2, 0) is 4.79 Å². The molecule has 22 heavy (non-hydrogen) atoms. The van der Waals surface area contributed by atoms with Gasteiger partial charge in [0.05, 0.1) is 24.9 Å². The summed E-state index contributed by atoms with van der Waals surface area (Å²) in [4.78, 5) is 30.0. The highest BCUT2D eigenvalue weighted by molar-refractivity contribution is 7.99. The average molecular weight is 338 g/mol. The highest BCUT2D eigenvalue weighted by Crippen LogP contribution is 2.28. The fourth-order valence-electron chi connectivity index (χ4n) is 2.32. The number of furan rings is 1. The number of nitrogens with zero attached hydrogens (tertiary/aromatic N) is 2. The Morgan fingerprint density at radius 3 is 3.09 bits per heavy atom. The minimum Gasteiger partial charge on any atom is -0.481 e. The van der Waals surface area contributed by atoms with Crippen LogP contribution in [0.1, 0.15) is 16.1 Å². The maximum absolute atomic E-state index is 12.6. The normalized spacial score (nSPS) is 18.4. The van der Waals surface area contributed by atoms with Gasteiger partial charge in [0, 0.05) is 18.1 Å². The molecule has 0 saturated carbocycles. The number of rotatable bonds is 4. The van der Waals surface area contributed by atoms with Crippen molar-refractivity contribution in [2.24, 2.45) is 0 Å². The van der Waals surface area contributed by atoms with Crippen molar-refractivity contribution in [2.75, 3.05) is 18.1 Å². The van der Waals surface area contributed by atoms with Crippen LogP contribution >= 0.6 is 23.1 Å². The van der Waals surface area contributed by atoms with E-state index in [-0.39, 0.29) is 18.4 Å². The van der Waals surface area contributed by atoms with Gasteiger partial charge in [-0.25, -0.2) is 4.98 Å². The molecule has 0 spiro atoms. The van der Waals surface area contributed by atoms with E-state index in [1.165, 1.54) is 17.5 Å². The number of thioether (sulfide) groups is 1. The lowest BCUT2D eigenvalue weighted by molar-refractivity contribution is -0.138. The average Bonchev–Trinajstić information content (AvgIpc) is 3.17. The van der Waals surface area contributed by atoms with E-state index < -0.39 is 5.97 Å². The van der Waals surface area contributed by atoms with E-state index in [0.29, 0.717) is 27.9 Å². The van der Waals surface area contributed by atoms with Crippen molar-refractivity contribution in [3.05, 3.63) is 29.5 Å². The van der Waals surface area contributed by atoms with Gasteiger partial charge in [-0.1, -0.05) is 0 Å². The Hall–Kier alpha value is -1.80.